The summed E-state index contributed by atoms with van der Waals surface area (Å²) in [6.07, 6.45) is 3.16. The second-order valence-corrected chi connectivity index (χ2v) is 8.59. The van der Waals surface area contributed by atoms with Gasteiger partial charge in [0.05, 0.1) is 16.5 Å². The van der Waals surface area contributed by atoms with Crippen LogP contribution in [0.25, 0.3) is 10.2 Å². The van der Waals surface area contributed by atoms with Crippen molar-refractivity contribution < 1.29 is 14.7 Å². The van der Waals surface area contributed by atoms with E-state index in [0.717, 1.165) is 41.0 Å². The topological polar surface area (TPSA) is 125 Å². The number of carbonyl (C=O) groups is 2. The molecular formula is C19H16N4O4S2. The summed E-state index contributed by atoms with van der Waals surface area (Å²) in [4.78, 5) is 42.9. The molecule has 1 aliphatic carbocycles. The molecule has 1 aliphatic rings. The predicted octanol–water partition coefficient (Wildman–Crippen LogP) is 2.78. The highest BCUT2D eigenvalue weighted by Gasteiger charge is 2.24. The normalized spacial score (nSPS) is 12.7. The van der Waals surface area contributed by atoms with Gasteiger partial charge in [-0.3, -0.25) is 14.2 Å². The maximum absolute atomic E-state index is 13.0. The molecule has 29 heavy (non-hydrogen) atoms. The van der Waals surface area contributed by atoms with Crippen molar-refractivity contribution in [3.63, 3.8) is 0 Å². The molecule has 10 heteroatoms. The van der Waals surface area contributed by atoms with Crippen LogP contribution in [0.2, 0.25) is 0 Å². The van der Waals surface area contributed by atoms with Gasteiger partial charge in [-0.05, 0) is 24.8 Å². The lowest BCUT2D eigenvalue weighted by Gasteiger charge is -2.11. The molecule has 0 spiro atoms. The fourth-order valence-corrected chi connectivity index (χ4v) is 5.75. The van der Waals surface area contributed by atoms with Gasteiger partial charge in [0.25, 0.3) is 5.56 Å². The van der Waals surface area contributed by atoms with Crippen molar-refractivity contribution in [1.29, 1.82) is 5.26 Å². The summed E-state index contributed by atoms with van der Waals surface area (Å²) in [6, 6.07) is 2.17. The second kappa shape index (κ2) is 7.42. The second-order valence-electron chi connectivity index (χ2n) is 6.63. The first kappa shape index (κ1) is 19.3. The Morgan fingerprint density at radius 2 is 2.21 bits per heavy atom. The monoisotopic (exact) mass is 428 g/mol. The lowest BCUT2D eigenvalue weighted by atomic mass is 10.1. The summed E-state index contributed by atoms with van der Waals surface area (Å²) >= 11 is 2.50. The summed E-state index contributed by atoms with van der Waals surface area (Å²) < 4.78 is 1.21. The van der Waals surface area contributed by atoms with E-state index in [2.05, 4.69) is 16.4 Å². The molecule has 0 aromatic carbocycles. The number of fused-ring (bicyclic) bond motifs is 2. The number of nitrogens with one attached hydrogen (secondary N) is 1. The van der Waals surface area contributed by atoms with E-state index in [1.807, 2.05) is 6.92 Å². The van der Waals surface area contributed by atoms with Gasteiger partial charge >= 0.3 is 5.97 Å². The largest absolute Gasteiger partial charge is 0.478 e. The summed E-state index contributed by atoms with van der Waals surface area (Å²) in [5, 5.41) is 23.4. The SMILES string of the molecule is CCc1nc2scc(C(=O)O)c2c(=O)n1CC(=O)Nc1sc2c(c1C#N)CCC2. The van der Waals surface area contributed by atoms with E-state index in [1.54, 1.807) is 0 Å². The third-order valence-corrected chi connectivity index (χ3v) is 6.99. The third kappa shape index (κ3) is 3.22. The standard InChI is InChI=1S/C19H16N4O4S2/c1-2-13-21-17-15(11(8-28-17)19(26)27)18(25)23(13)7-14(24)22-16-10(6-20)9-4-3-5-12(9)29-16/h8H,2-5,7H2,1H3,(H,22,24)(H,26,27). The van der Waals surface area contributed by atoms with E-state index in [1.165, 1.54) is 21.3 Å². The molecule has 1 amide bonds. The van der Waals surface area contributed by atoms with Gasteiger partial charge in [0.2, 0.25) is 5.91 Å². The van der Waals surface area contributed by atoms with Crippen LogP contribution in [-0.4, -0.2) is 26.5 Å². The Kier molecular flexibility index (Phi) is 4.94. The van der Waals surface area contributed by atoms with Gasteiger partial charge in [-0.2, -0.15) is 5.26 Å². The fraction of sp³-hybridized carbons (Fsp3) is 0.316. The first-order valence-electron chi connectivity index (χ1n) is 9.03. The minimum absolute atomic E-state index is 0.0142. The molecule has 148 valence electrons. The van der Waals surface area contributed by atoms with E-state index < -0.39 is 17.4 Å². The van der Waals surface area contributed by atoms with Crippen LogP contribution in [0.15, 0.2) is 10.2 Å². The minimum atomic E-state index is -1.21. The lowest BCUT2D eigenvalue weighted by molar-refractivity contribution is -0.116. The number of aromatic nitrogens is 2. The van der Waals surface area contributed by atoms with Crippen LogP contribution in [0.3, 0.4) is 0 Å². The van der Waals surface area contributed by atoms with Crippen LogP contribution >= 0.6 is 22.7 Å². The number of nitrogens with zero attached hydrogens (tertiary/aromatic N) is 3. The molecule has 0 aliphatic heterocycles. The highest BCUT2D eigenvalue weighted by Crippen LogP contribution is 2.38. The van der Waals surface area contributed by atoms with E-state index >= 15 is 0 Å². The summed E-state index contributed by atoms with van der Waals surface area (Å²) in [5.74, 6) is -1.25. The number of aromatic carboxylic acids is 1. The predicted molar refractivity (Wildman–Crippen MR) is 110 cm³/mol. The van der Waals surface area contributed by atoms with E-state index in [0.29, 0.717) is 27.6 Å². The maximum atomic E-state index is 13.0. The van der Waals surface area contributed by atoms with E-state index in [-0.39, 0.29) is 17.5 Å². The van der Waals surface area contributed by atoms with Crippen LogP contribution in [0.4, 0.5) is 5.00 Å². The molecule has 3 aromatic heterocycles. The highest BCUT2D eigenvalue weighted by molar-refractivity contribution is 7.17. The van der Waals surface area contributed by atoms with Crippen molar-refractivity contribution in [2.24, 2.45) is 0 Å². The number of rotatable bonds is 5. The molecule has 8 nitrogen and oxygen atoms in total. The van der Waals surface area contributed by atoms with Gasteiger partial charge in [0.1, 0.15) is 28.3 Å². The molecule has 0 saturated heterocycles. The van der Waals surface area contributed by atoms with Crippen molar-refractivity contribution in [2.45, 2.75) is 39.2 Å². The lowest BCUT2D eigenvalue weighted by Crippen LogP contribution is -2.31. The van der Waals surface area contributed by atoms with Crippen molar-refractivity contribution in [1.82, 2.24) is 9.55 Å². The molecular weight excluding hydrogens is 412 g/mol. The number of nitriles is 1. The van der Waals surface area contributed by atoms with Crippen molar-refractivity contribution in [2.75, 3.05) is 5.32 Å². The number of anilines is 1. The molecule has 0 fully saturated rings. The minimum Gasteiger partial charge on any atom is -0.478 e. The number of thiophene rings is 2. The number of carboxylic acid groups (broad SMARTS) is 1. The zero-order valence-corrected chi connectivity index (χ0v) is 17.1. The van der Waals surface area contributed by atoms with Gasteiger partial charge in [-0.1, -0.05) is 6.92 Å². The van der Waals surface area contributed by atoms with Crippen molar-refractivity contribution in [3.8, 4) is 6.07 Å². The third-order valence-electron chi connectivity index (χ3n) is 4.91. The number of carboxylic acids is 1. The number of hydrogen-bond acceptors (Lipinski definition) is 7. The van der Waals surface area contributed by atoms with Crippen molar-refractivity contribution in [3.05, 3.63) is 43.1 Å². The van der Waals surface area contributed by atoms with Crippen molar-refractivity contribution >= 4 is 49.8 Å². The molecule has 0 unspecified atom stereocenters. The molecule has 3 aromatic rings. The zero-order chi connectivity index (χ0) is 20.7. The summed E-state index contributed by atoms with van der Waals surface area (Å²) in [6.45, 7) is 1.51. The first-order chi connectivity index (χ1) is 13.9. The summed E-state index contributed by atoms with van der Waals surface area (Å²) in [5.41, 5.74) is 0.848. The Hall–Kier alpha value is -3.03. The highest BCUT2D eigenvalue weighted by atomic mass is 32.1. The average Bonchev–Trinajstić information content (AvgIpc) is 3.37. The van der Waals surface area contributed by atoms with Crippen LogP contribution in [0.1, 0.15) is 45.5 Å². The Morgan fingerprint density at radius 1 is 1.41 bits per heavy atom. The Labute approximate surface area is 173 Å². The van der Waals surface area contributed by atoms with Gasteiger partial charge in [-0.15, -0.1) is 22.7 Å². The van der Waals surface area contributed by atoms with Crippen LogP contribution in [0.5, 0.6) is 0 Å². The summed E-state index contributed by atoms with van der Waals surface area (Å²) in [7, 11) is 0. The molecule has 2 N–H and O–H groups in total. The average molecular weight is 428 g/mol. The Morgan fingerprint density at radius 3 is 2.90 bits per heavy atom. The fourth-order valence-electron chi connectivity index (χ4n) is 3.58. The molecule has 0 bridgehead atoms. The van der Waals surface area contributed by atoms with E-state index in [9.17, 15) is 24.8 Å². The molecule has 0 atom stereocenters. The Balaban J connectivity index is 1.69. The van der Waals surface area contributed by atoms with Gasteiger partial charge in [0, 0.05) is 16.7 Å². The van der Waals surface area contributed by atoms with E-state index in [4.69, 9.17) is 0 Å². The molecule has 0 saturated carbocycles. The van der Waals surface area contributed by atoms with Gasteiger partial charge in [-0.25, -0.2) is 9.78 Å². The Bertz CT molecular complexity index is 1260. The smallest absolute Gasteiger partial charge is 0.337 e. The maximum Gasteiger partial charge on any atom is 0.337 e. The molecule has 4 rings (SSSR count). The molecule has 0 radical (unpaired) electrons. The van der Waals surface area contributed by atoms with Crippen LogP contribution in [0, 0.1) is 11.3 Å². The number of aryl methyl sites for hydroxylation is 2. The number of amides is 1. The number of hydrogen-bond donors (Lipinski definition) is 2. The molecule has 3 heterocycles. The van der Waals surface area contributed by atoms with Crippen LogP contribution < -0.4 is 10.9 Å². The quantitative estimate of drug-likeness (QED) is 0.644. The zero-order valence-electron chi connectivity index (χ0n) is 15.4. The number of carbonyl (C=O) groups excluding carboxylic acids is 1. The van der Waals surface area contributed by atoms with Gasteiger partial charge < -0.3 is 10.4 Å². The first-order valence-corrected chi connectivity index (χ1v) is 10.7. The van der Waals surface area contributed by atoms with Crippen LogP contribution in [-0.2, 0) is 30.6 Å². The van der Waals surface area contributed by atoms with Gasteiger partial charge in [0.15, 0.2) is 0 Å².